The number of anilines is 1. The number of nitrogen functional groups attached to an aromatic ring is 1. The number of fused-ring (bicyclic) bond motifs is 15. The van der Waals surface area contributed by atoms with Crippen LogP contribution in [0.4, 0.5) is 14.6 Å². The number of benzene rings is 11. The van der Waals surface area contributed by atoms with Crippen LogP contribution in [-0.2, 0) is 30.3 Å². The van der Waals surface area contributed by atoms with Crippen molar-refractivity contribution in [3.05, 3.63) is 414 Å². The highest BCUT2D eigenvalue weighted by Crippen LogP contribution is 2.49. The second-order valence-electron chi connectivity index (χ2n) is 39.3. The van der Waals surface area contributed by atoms with Gasteiger partial charge in [-0.2, -0.15) is 0 Å². The lowest BCUT2D eigenvalue weighted by Gasteiger charge is -2.20. The molecule has 0 aliphatic carbocycles. The zero-order valence-electron chi connectivity index (χ0n) is 85.1. The molecule has 0 fully saturated rings. The van der Waals surface area contributed by atoms with Crippen LogP contribution in [0, 0.1) is 52.2 Å². The summed E-state index contributed by atoms with van der Waals surface area (Å²) in [5.41, 5.74) is 43.5. The van der Waals surface area contributed by atoms with Crippen LogP contribution in [-0.4, -0.2) is 88.3 Å². The fourth-order valence-corrected chi connectivity index (χ4v) is 19.6. The van der Waals surface area contributed by atoms with Gasteiger partial charge in [0.05, 0.1) is 90.4 Å². The quantitative estimate of drug-likeness (QED) is 0.0633. The van der Waals surface area contributed by atoms with Gasteiger partial charge in [-0.25, -0.2) is 13.8 Å². The number of pyridine rings is 1. The summed E-state index contributed by atoms with van der Waals surface area (Å²) >= 11 is 6.09. The molecule has 0 amide bonds. The highest BCUT2D eigenvalue weighted by molar-refractivity contribution is 6.31. The Labute approximate surface area is 866 Å². The number of carbonyl (C=O) groups is 4. The van der Waals surface area contributed by atoms with E-state index in [-0.39, 0.29) is 60.3 Å². The molecular weight excluding hydrogens is 1900 g/mol. The normalized spacial score (nSPS) is 15.4. The van der Waals surface area contributed by atoms with Gasteiger partial charge in [0.2, 0.25) is 0 Å². The fraction of sp³-hybridized carbons (Fsp3) is 0.221. The van der Waals surface area contributed by atoms with Gasteiger partial charge in [-0.1, -0.05) is 221 Å². The van der Waals surface area contributed by atoms with Crippen molar-refractivity contribution >= 4 is 69.8 Å². The van der Waals surface area contributed by atoms with Crippen molar-refractivity contribution in [2.24, 2.45) is 36.6 Å². The van der Waals surface area contributed by atoms with Crippen LogP contribution in [0.5, 0.6) is 5.75 Å². The number of nitrogens with zero attached hydrogens (tertiary/aromatic N) is 11. The molecule has 11 aromatic carbocycles. The van der Waals surface area contributed by atoms with Crippen LogP contribution in [0.2, 0.25) is 5.02 Å². The molecule has 0 radical (unpaired) electrons. The minimum atomic E-state index is -0.914. The molecule has 5 atom stereocenters. The number of hydrogen-bond acceptors (Lipinski definition) is 24. The van der Waals surface area contributed by atoms with Crippen LogP contribution >= 0.6 is 11.6 Å². The molecule has 5 aliphatic heterocycles. The molecule has 22 rings (SSSR count). The molecule has 5 aliphatic rings. The second-order valence-corrected chi connectivity index (χ2v) is 39.8. The lowest BCUT2D eigenvalue weighted by Crippen LogP contribution is -2.28. The zero-order chi connectivity index (χ0) is 105. The molecule has 11 heterocycles. The zero-order valence-corrected chi connectivity index (χ0v) is 85.8. The van der Waals surface area contributed by atoms with Crippen LogP contribution in [0.15, 0.2) is 321 Å². The van der Waals surface area contributed by atoms with E-state index < -0.39 is 29.3 Å². The van der Waals surface area contributed by atoms with Gasteiger partial charge in [0.25, 0.3) is 6.47 Å². The molecule has 5 N–H and O–H groups in total. The number of ether oxygens (including phenoxy) is 1. The minimum absolute atomic E-state index is 0.0264. The third-order valence-electron chi connectivity index (χ3n) is 26.7. The van der Waals surface area contributed by atoms with Crippen LogP contribution < -0.4 is 16.2 Å². The Morgan fingerprint density at radius 1 is 0.389 bits per heavy atom. The second kappa shape index (κ2) is 43.2. The third-order valence-corrected chi connectivity index (χ3v) is 26.9. The molecule has 149 heavy (non-hydrogen) atoms. The molecule has 0 saturated carbocycles. The van der Waals surface area contributed by atoms with Gasteiger partial charge in [0, 0.05) is 97.2 Å². The van der Waals surface area contributed by atoms with E-state index >= 15 is 0 Å². The van der Waals surface area contributed by atoms with Gasteiger partial charge in [-0.05, 0) is 255 Å². The van der Waals surface area contributed by atoms with E-state index in [4.69, 9.17) is 75.4 Å². The first-order chi connectivity index (χ1) is 71.5. The Morgan fingerprint density at radius 3 is 1.05 bits per heavy atom. The summed E-state index contributed by atoms with van der Waals surface area (Å²) in [6, 6.07) is 82.2. The molecule has 750 valence electrons. The smallest absolute Gasteiger partial charge is 0.298 e. The maximum Gasteiger partial charge on any atom is 0.298 e. The summed E-state index contributed by atoms with van der Waals surface area (Å²) in [4.78, 5) is 75.9. The summed E-state index contributed by atoms with van der Waals surface area (Å²) in [5.74, 6) is 4.29. The van der Waals surface area contributed by atoms with Crippen LogP contribution in [0.25, 0.3) is 77.9 Å². The Morgan fingerprint density at radius 2 is 0.691 bits per heavy atom. The summed E-state index contributed by atoms with van der Waals surface area (Å²) < 4.78 is 60.6. The van der Waals surface area contributed by atoms with E-state index in [0.29, 0.717) is 52.6 Å². The molecule has 0 saturated heterocycles. The number of Topliss-reactive ketones (excluding diaryl/α,β-unsaturated/α-hetero) is 3. The Balaban J connectivity index is 0.000000122. The SMILES string of the molecule is CC(=O)C[C@@H]1N=C(c2ccc(C(C)(C)N)cc2)c2ccccc2-c2c(C)noc21.CC(=O)C[C@@H]1N=C(c2ccc(C(C)(C)O)cc2)c2ccccc2-c2c(C)noc21.CC(=O)C[C@@H]1N=C(c2ccc(F)cc2)c2cc(-c3ccc(OC=O)cc3)ccc2-c2c(C)noc21.Cc1noc2c1-c1ccc(-c3ccc(N)nc3)cc1C(c1ccc(F)cc1)=N[C@H]2C.Cc1noc2c1-c1ccccc1C(c1ccc(Cl)cc1)=N[C@H]2CC(C)C. The van der Waals surface area contributed by atoms with Gasteiger partial charge in [0.1, 0.15) is 70.8 Å². The molecule has 17 aromatic rings. The van der Waals surface area contributed by atoms with Crippen molar-refractivity contribution in [2.75, 3.05) is 5.73 Å². The first-order valence-corrected chi connectivity index (χ1v) is 49.6. The Bertz CT molecular complexity index is 7920. The standard InChI is InChI=1S/C28H21FN2O4.C24H19FN4O.C24H25N3O2.C24H24N2O3.C22H21ClN2O/c1-16(33)13-25-28-26(17(2)31-35-28)23-12-7-20(18-5-10-22(11-6-18)34-15-32)14-24(23)27(30-25)19-3-8-21(29)9-4-19;1-13-22-19-9-5-16(17-6-10-21(26)27-12-17)11-20(19)23(15-3-7-18(25)8-4-15)28-14(2)24(22)30-29-13;1-14(28)13-20-23-21(15(2)27-29-23)18-7-5-6-8-19(18)22(26-20)16-9-11-17(12-10-16)24(3,4)25;1-14(27)13-20-23-21(15(2)26-29-23)18-7-5-6-8-19(18)22(25-20)16-9-11-17(12-10-16)24(3,4)28;1-13(2)12-19-22-20(14(3)25-26-22)17-6-4-5-7-18(17)21(24-19)15-8-10-16(23)11-9-15/h3-12,14-15,25H,13H2,1-2H3;3-12,14H,1-2H3,(H2,26,27);5-12,20H,13,25H2,1-4H3;5-12,20,28H,13H2,1-4H3;4-11,13,19H,12H2,1-3H3/t25-;14-;2*20-;19-/m00000/s1. The number of ketones is 3. The average Bonchev–Trinajstić information content (AvgIpc) is 1.58. The predicted molar refractivity (Wildman–Crippen MR) is 576 cm³/mol. The van der Waals surface area contributed by atoms with E-state index in [9.17, 15) is 33.1 Å². The Hall–Kier alpha value is -16.7. The lowest BCUT2D eigenvalue weighted by molar-refractivity contribution is -0.121. The van der Waals surface area contributed by atoms with Gasteiger partial charge in [-0.3, -0.25) is 44.1 Å². The van der Waals surface area contributed by atoms with E-state index in [0.717, 1.165) is 213 Å². The number of halogens is 3. The summed E-state index contributed by atoms with van der Waals surface area (Å²) in [5, 5.41) is 31.9. The third kappa shape index (κ3) is 21.9. The van der Waals surface area contributed by atoms with Crippen LogP contribution in [0.1, 0.15) is 249 Å². The number of carbonyl (C=O) groups excluding carboxylic acids is 4. The van der Waals surface area contributed by atoms with Crippen molar-refractivity contribution in [1.29, 1.82) is 0 Å². The number of rotatable bonds is 19. The molecule has 0 spiro atoms. The van der Waals surface area contributed by atoms with Crippen molar-refractivity contribution in [1.82, 2.24) is 30.8 Å². The average molecular weight is 2010 g/mol. The number of hydrogen-bond donors (Lipinski definition) is 3. The van der Waals surface area contributed by atoms with Crippen molar-refractivity contribution in [3.63, 3.8) is 0 Å². The fourth-order valence-electron chi connectivity index (χ4n) is 19.5. The Kier molecular flexibility index (Phi) is 29.6. The number of aryl methyl sites for hydroxylation is 5. The maximum absolute atomic E-state index is 13.7. The monoisotopic (exact) mass is 2010 g/mol. The molecule has 27 heteroatoms. The van der Waals surface area contributed by atoms with E-state index in [1.807, 2.05) is 207 Å². The number of aromatic nitrogens is 6. The highest BCUT2D eigenvalue weighted by atomic mass is 35.5. The van der Waals surface area contributed by atoms with E-state index in [1.54, 1.807) is 76.4 Å². The van der Waals surface area contributed by atoms with Crippen molar-refractivity contribution in [3.8, 4) is 83.6 Å². The topological polar surface area (TPSA) is 355 Å². The van der Waals surface area contributed by atoms with Crippen LogP contribution in [0.3, 0.4) is 0 Å². The van der Waals surface area contributed by atoms with Gasteiger partial charge < -0.3 is 43.9 Å². The van der Waals surface area contributed by atoms with Gasteiger partial charge >= 0.3 is 0 Å². The largest absolute Gasteiger partial charge is 0.429 e. The minimum Gasteiger partial charge on any atom is -0.429 e. The summed E-state index contributed by atoms with van der Waals surface area (Å²) in [6.07, 6.45) is 3.34. The number of aliphatic hydroxyl groups is 1. The molecule has 0 unspecified atom stereocenters. The summed E-state index contributed by atoms with van der Waals surface area (Å²) in [6.45, 7) is 28.5. The van der Waals surface area contributed by atoms with E-state index in [1.165, 1.54) is 31.2 Å². The molecule has 6 aromatic heterocycles. The van der Waals surface area contributed by atoms with Crippen molar-refractivity contribution < 1.29 is 60.4 Å². The van der Waals surface area contributed by atoms with Gasteiger partial charge in [0.15, 0.2) is 28.8 Å². The first-order valence-electron chi connectivity index (χ1n) is 49.2. The lowest BCUT2D eigenvalue weighted by atomic mass is 9.90. The molecular formula is C122H110ClF2N13O11. The molecule has 0 bridgehead atoms. The van der Waals surface area contributed by atoms with Gasteiger partial charge in [-0.15, -0.1) is 0 Å². The highest BCUT2D eigenvalue weighted by Gasteiger charge is 2.38. The first kappa shape index (κ1) is 102. The van der Waals surface area contributed by atoms with E-state index in [2.05, 4.69) is 93.1 Å². The van der Waals surface area contributed by atoms with Crippen molar-refractivity contribution in [2.45, 2.75) is 171 Å². The summed E-state index contributed by atoms with van der Waals surface area (Å²) in [7, 11) is 0. The number of aliphatic imine (C=N–C) groups is 5. The molecule has 24 nitrogen and oxygen atoms in total. The number of nitrogens with two attached hydrogens (primary N) is 2. The predicted octanol–water partition coefficient (Wildman–Crippen LogP) is 26.9. The maximum atomic E-state index is 13.7.